The number of benzene rings is 3. The number of phenolic OH excluding ortho intramolecular Hbond substituents is 2. The number of carbonyl (C=O) groups is 2. The number of carbonyl (C=O) groups excluding carboxylic acids is 2. The number of phenols is 2. The van der Waals surface area contributed by atoms with Crippen molar-refractivity contribution in [2.45, 2.75) is 9.79 Å². The summed E-state index contributed by atoms with van der Waals surface area (Å²) < 4.78 is 146. The number of Topliss-reactive ketones (excluding diaryl/α,β-unsaturated/α-hetero) is 2. The average molecular weight is 973 g/mol. The quantitative estimate of drug-likeness (QED) is 0.0510. The molecule has 0 aliphatic heterocycles. The Hall–Kier alpha value is -5.96. The van der Waals surface area contributed by atoms with Crippen molar-refractivity contribution in [2.75, 3.05) is 24.8 Å². The van der Waals surface area contributed by atoms with Gasteiger partial charge in [-0.1, -0.05) is 0 Å². The minimum absolute atomic E-state index is 0. The van der Waals surface area contributed by atoms with Crippen molar-refractivity contribution < 1.29 is 116 Å². The van der Waals surface area contributed by atoms with Crippen LogP contribution < -0.4 is 44.9 Å². The first-order valence-corrected chi connectivity index (χ1v) is 22.3. The van der Waals surface area contributed by atoms with Crippen LogP contribution in [0.3, 0.4) is 0 Å². The number of ketones is 2. The second kappa shape index (κ2) is 17.9. The minimum Gasteiger partial charge on any atom is -0.744 e. The summed E-state index contributed by atoms with van der Waals surface area (Å²) in [4.78, 5) is 22.5. The van der Waals surface area contributed by atoms with Crippen molar-refractivity contribution in [3.05, 3.63) is 98.5 Å². The van der Waals surface area contributed by atoms with Gasteiger partial charge in [0.05, 0.1) is 52.2 Å². The van der Waals surface area contributed by atoms with Gasteiger partial charge in [-0.2, -0.15) is 30.4 Å². The molecular formula is C34H25N6NaO19S4. The molecule has 0 saturated carbocycles. The van der Waals surface area contributed by atoms with Crippen LogP contribution in [-0.4, -0.2) is 116 Å². The van der Waals surface area contributed by atoms with E-state index in [1.165, 1.54) is 50.6 Å². The van der Waals surface area contributed by atoms with E-state index in [2.05, 4.69) is 25.8 Å². The van der Waals surface area contributed by atoms with Crippen LogP contribution in [0, 0.1) is 0 Å². The Morgan fingerprint density at radius 3 is 1.77 bits per heavy atom. The van der Waals surface area contributed by atoms with Crippen molar-refractivity contribution in [1.29, 1.82) is 0 Å². The van der Waals surface area contributed by atoms with E-state index in [-0.39, 0.29) is 63.9 Å². The van der Waals surface area contributed by atoms with Crippen molar-refractivity contribution in [1.82, 2.24) is 0 Å². The number of nitrogens with zero attached hydrogens (tertiary/aromatic N) is 5. The Labute approximate surface area is 382 Å². The van der Waals surface area contributed by atoms with Crippen LogP contribution in [0.15, 0.2) is 106 Å². The largest absolute Gasteiger partial charge is 1.00 e. The molecule has 0 saturated heterocycles. The number of aromatic hydroxyl groups is 2. The fourth-order valence-electron chi connectivity index (χ4n) is 5.83. The summed E-state index contributed by atoms with van der Waals surface area (Å²) in [5.74, 6) is -4.83. The Balaban J connectivity index is 0.00000771. The fraction of sp³-hybridized carbons (Fsp3) is 0.0588. The molecular weight excluding hydrogens is 948 g/mol. The topological polar surface area (TPSA) is 398 Å². The number of ether oxygens (including phenoxy) is 2. The Morgan fingerprint density at radius 1 is 0.688 bits per heavy atom. The van der Waals surface area contributed by atoms with Gasteiger partial charge in [-0.15, -0.1) is 20.5 Å². The normalized spacial score (nSPS) is 17.9. The maximum absolute atomic E-state index is 13.3. The molecule has 0 heterocycles. The number of rotatable bonds is 11. The number of anilines is 2. The molecule has 0 aromatic heterocycles. The van der Waals surface area contributed by atoms with Gasteiger partial charge in [0.15, 0.2) is 11.4 Å². The summed E-state index contributed by atoms with van der Waals surface area (Å²) in [7, 11) is -18.2. The number of fused-ring (bicyclic) bond motifs is 2. The third-order valence-electron chi connectivity index (χ3n) is 8.65. The molecule has 0 spiro atoms. The van der Waals surface area contributed by atoms with Crippen molar-refractivity contribution in [2.24, 2.45) is 20.4 Å². The van der Waals surface area contributed by atoms with E-state index in [1.807, 2.05) is 0 Å². The first-order chi connectivity index (χ1) is 29.2. The molecule has 0 fully saturated rings. The van der Waals surface area contributed by atoms with Gasteiger partial charge in [0.25, 0.3) is 30.4 Å². The van der Waals surface area contributed by atoms with E-state index in [9.17, 15) is 76.9 Å². The van der Waals surface area contributed by atoms with Gasteiger partial charge < -0.3 is 24.2 Å². The Kier molecular flexibility index (Phi) is 13.7. The van der Waals surface area contributed by atoms with E-state index in [1.54, 1.807) is 0 Å². The third kappa shape index (κ3) is 10.0. The summed E-state index contributed by atoms with van der Waals surface area (Å²) in [5, 5.41) is 47.2. The first-order valence-electron chi connectivity index (χ1n) is 16.6. The summed E-state index contributed by atoms with van der Waals surface area (Å²) in [6.45, 7) is 0. The maximum atomic E-state index is 13.3. The van der Waals surface area contributed by atoms with E-state index in [0.29, 0.717) is 41.6 Å². The monoisotopic (exact) mass is 972 g/mol. The number of methoxy groups -OCH3 is 2. The van der Waals surface area contributed by atoms with E-state index < -0.39 is 117 Å². The molecule has 64 heavy (non-hydrogen) atoms. The summed E-state index contributed by atoms with van der Waals surface area (Å²) >= 11 is 0. The zero-order chi connectivity index (χ0) is 46.6. The molecule has 330 valence electrons. The molecule has 25 nitrogen and oxygen atoms in total. The Bertz CT molecular complexity index is 3300. The van der Waals surface area contributed by atoms with Gasteiger partial charge in [0, 0.05) is 18.2 Å². The summed E-state index contributed by atoms with van der Waals surface area (Å²) in [6, 6.07) is 5.93. The van der Waals surface area contributed by atoms with Crippen LogP contribution in [0.4, 0.5) is 11.4 Å². The molecule has 3 aliphatic carbocycles. The molecule has 0 radical (unpaired) electrons. The fourth-order valence-corrected chi connectivity index (χ4v) is 8.20. The smallest absolute Gasteiger partial charge is 0.744 e. The maximum Gasteiger partial charge on any atom is 1.00 e. The zero-order valence-electron chi connectivity index (χ0n) is 32.3. The van der Waals surface area contributed by atoms with Crippen LogP contribution in [0.2, 0.25) is 0 Å². The molecule has 0 amide bonds. The Morgan fingerprint density at radius 2 is 1.23 bits per heavy atom. The molecule has 0 unspecified atom stereocenters. The number of hydrazone groups is 2. The van der Waals surface area contributed by atoms with Gasteiger partial charge in [-0.3, -0.25) is 33.9 Å². The van der Waals surface area contributed by atoms with Crippen LogP contribution >= 0.6 is 0 Å². The first kappa shape index (κ1) is 49.1. The number of allylic oxidation sites excluding steroid dienone is 5. The molecule has 3 aliphatic rings. The molecule has 7 N–H and O–H groups in total. The predicted molar refractivity (Wildman–Crippen MR) is 217 cm³/mol. The standard InChI is InChI=1S/C34H26N6O19S4.Na/c1-58-25-11-17(3-5-21(25)35-37-31-27(62(52,53)54)9-15-7-19(60(46,47)48)13-23(41)29(15)33(31)43)39-40(45)18-4-6-22(26(12-18)59-2)36-38-32-28(63(55,56)57)10-16-8-20(61(49,50)51)14-24(42)30(16)34(32)44;/h3-14,36,41-42,45H,1-2H3,(H,46,47,48)(H,49,50,51)(H,52,53,54)(H,55,56,57);/q;+1/p-1/b35-21+,37-31-,38-32+,39-17+;. The van der Waals surface area contributed by atoms with E-state index >= 15 is 0 Å². The van der Waals surface area contributed by atoms with Crippen LogP contribution in [0.5, 0.6) is 17.2 Å². The van der Waals surface area contributed by atoms with Crippen LogP contribution in [0.25, 0.3) is 12.2 Å². The van der Waals surface area contributed by atoms with Gasteiger partial charge in [0.1, 0.15) is 48.6 Å². The second-order valence-electron chi connectivity index (χ2n) is 12.6. The minimum atomic E-state index is -5.24. The van der Waals surface area contributed by atoms with Crippen LogP contribution in [-0.2, 0) is 45.2 Å². The number of nitrogens with one attached hydrogen (secondary N) is 1. The molecule has 3 aromatic carbocycles. The van der Waals surface area contributed by atoms with Crippen LogP contribution in [0.1, 0.15) is 31.8 Å². The van der Waals surface area contributed by atoms with Gasteiger partial charge in [0.2, 0.25) is 11.6 Å². The third-order valence-corrected chi connectivity index (χ3v) is 12.0. The van der Waals surface area contributed by atoms with Gasteiger partial charge in [-0.25, -0.2) is 8.42 Å². The van der Waals surface area contributed by atoms with E-state index in [0.717, 1.165) is 0 Å². The molecule has 3 aromatic rings. The van der Waals surface area contributed by atoms with E-state index in [4.69, 9.17) is 9.47 Å². The molecule has 6 rings (SSSR count). The van der Waals surface area contributed by atoms with Crippen molar-refractivity contribution in [3.8, 4) is 17.2 Å². The average Bonchev–Trinajstić information content (AvgIpc) is 3.18. The second-order valence-corrected chi connectivity index (χ2v) is 18.2. The predicted octanol–water partition coefficient (Wildman–Crippen LogP) is -1.27. The number of hydrogen-bond donors (Lipinski definition) is 7. The molecule has 30 heteroatoms. The SMILES string of the molecule is COC1=CC(=N/N(O)c2ccc(N/N=C3/C(=O)c4c(O)cc(S(=O)(=O)[O-])cc4C=C3S(=O)(=O)O)c(OC)c2)/C=CC/1=N\N=C1/C(=O)c2c(O)cc(S(=O)(=O)O)cc2C=C1S(=O)(=O)O.[Na+]. The molecule has 0 bridgehead atoms. The molecule has 0 atom stereocenters. The number of hydrogen-bond acceptors (Lipinski definition) is 22. The summed E-state index contributed by atoms with van der Waals surface area (Å²) in [5.41, 5.74) is -2.26. The van der Waals surface area contributed by atoms with Crippen molar-refractivity contribution >= 4 is 98.4 Å². The van der Waals surface area contributed by atoms with Gasteiger partial charge >= 0.3 is 29.6 Å². The van der Waals surface area contributed by atoms with Gasteiger partial charge in [-0.05, 0) is 65.8 Å². The zero-order valence-corrected chi connectivity index (χ0v) is 37.6. The van der Waals surface area contributed by atoms with Crippen molar-refractivity contribution in [3.63, 3.8) is 0 Å². The summed E-state index contributed by atoms with van der Waals surface area (Å²) in [6.07, 6.45) is 4.88.